The molecule has 0 saturated carbocycles. The van der Waals surface area contributed by atoms with Gasteiger partial charge in [-0.2, -0.15) is 8.42 Å². The zero-order valence-electron chi connectivity index (χ0n) is 33.4. The monoisotopic (exact) mass is 746 g/mol. The van der Waals surface area contributed by atoms with Gasteiger partial charge >= 0.3 is 0 Å². The predicted octanol–water partition coefficient (Wildman–Crippen LogP) is 12.6. The molecule has 0 heterocycles. The van der Waals surface area contributed by atoms with Crippen molar-refractivity contribution in [3.63, 3.8) is 0 Å². The number of rotatable bonds is 37. The maximum absolute atomic E-state index is 12.5. The minimum atomic E-state index is -4.32. The predicted molar refractivity (Wildman–Crippen MR) is 225 cm³/mol. The van der Waals surface area contributed by atoms with Gasteiger partial charge in [0.25, 0.3) is 10.1 Å². The number of unbranched alkanes of at least 4 members (excludes halogenated alkanes) is 17. The van der Waals surface area contributed by atoms with Crippen molar-refractivity contribution in [1.29, 1.82) is 0 Å². The van der Waals surface area contributed by atoms with Gasteiger partial charge in [0.1, 0.15) is 0 Å². The minimum Gasteiger partial charge on any atom is -0.391 e. The van der Waals surface area contributed by atoms with E-state index in [-0.39, 0.29) is 12.3 Å². The molecule has 0 fully saturated rings. The lowest BCUT2D eigenvalue weighted by molar-refractivity contribution is -0.122. The van der Waals surface area contributed by atoms with Crippen LogP contribution in [0.3, 0.4) is 0 Å². The Kier molecular flexibility index (Phi) is 36.9. The number of nitrogens with one attached hydrogen (secondary N) is 1. The van der Waals surface area contributed by atoms with Gasteiger partial charge in [0.05, 0.1) is 17.9 Å². The van der Waals surface area contributed by atoms with Crippen LogP contribution in [-0.2, 0) is 14.9 Å². The molecule has 0 aromatic carbocycles. The van der Waals surface area contributed by atoms with Gasteiger partial charge in [-0.25, -0.2) is 0 Å². The smallest absolute Gasteiger partial charge is 0.266 e. The standard InChI is InChI=1S/C45H79NO5S/c1-3-5-7-9-11-13-15-17-19-20-21-22-23-24-25-26-27-29-31-33-35-37-39-41-45(48)46-43(42-52(49,50)51)44(47)40-38-36-34-32-30-28-18-16-14-12-10-8-6-4-2/h5,7,11,13,17,19,21-22,24-25,27,29,43-44,47H,3-4,6,8-10,12,14-16,18,20,23,26,28,30-42H2,1-2H3,(H,46,48)(H,49,50,51)/b7-5-,13-11-,19-17-,22-21-,25-24-,29-27-. The molecule has 300 valence electrons. The van der Waals surface area contributed by atoms with Gasteiger partial charge in [-0.15, -0.1) is 0 Å². The number of carbonyl (C=O) groups is 1. The van der Waals surface area contributed by atoms with E-state index in [1.165, 1.54) is 70.6 Å². The molecule has 0 rings (SSSR count). The fourth-order valence-electron chi connectivity index (χ4n) is 6.04. The van der Waals surface area contributed by atoms with Crippen LogP contribution in [0.25, 0.3) is 0 Å². The quantitative estimate of drug-likeness (QED) is 0.0334. The van der Waals surface area contributed by atoms with Crippen molar-refractivity contribution in [3.05, 3.63) is 72.9 Å². The Balaban J connectivity index is 3.95. The highest BCUT2D eigenvalue weighted by molar-refractivity contribution is 7.85. The lowest BCUT2D eigenvalue weighted by atomic mass is 10.0. The normalized spacial score (nSPS) is 14.0. The van der Waals surface area contributed by atoms with Crippen molar-refractivity contribution in [3.8, 4) is 0 Å². The van der Waals surface area contributed by atoms with Gasteiger partial charge in [-0.05, 0) is 64.2 Å². The molecule has 2 unspecified atom stereocenters. The molecule has 0 aliphatic rings. The first-order valence-corrected chi connectivity index (χ1v) is 22.7. The van der Waals surface area contributed by atoms with Gasteiger partial charge in [-0.1, -0.05) is 189 Å². The van der Waals surface area contributed by atoms with E-state index in [4.69, 9.17) is 0 Å². The Morgan fingerprint density at radius 3 is 1.37 bits per heavy atom. The molecule has 7 heteroatoms. The highest BCUT2D eigenvalue weighted by Gasteiger charge is 2.26. The summed E-state index contributed by atoms with van der Waals surface area (Å²) in [4.78, 5) is 12.5. The van der Waals surface area contributed by atoms with E-state index in [0.717, 1.165) is 83.5 Å². The Morgan fingerprint density at radius 1 is 0.538 bits per heavy atom. The first kappa shape index (κ1) is 49.8. The van der Waals surface area contributed by atoms with Gasteiger partial charge in [0.15, 0.2) is 0 Å². The van der Waals surface area contributed by atoms with E-state index in [2.05, 4.69) is 92.1 Å². The van der Waals surface area contributed by atoms with Crippen LogP contribution in [0, 0.1) is 0 Å². The summed E-state index contributed by atoms with van der Waals surface area (Å²) in [6.07, 6.45) is 54.2. The average molecular weight is 746 g/mol. The molecule has 0 aromatic heterocycles. The van der Waals surface area contributed by atoms with Crippen LogP contribution in [-0.4, -0.2) is 41.9 Å². The van der Waals surface area contributed by atoms with Crippen molar-refractivity contribution in [2.45, 2.75) is 199 Å². The molecular weight excluding hydrogens is 667 g/mol. The molecule has 6 nitrogen and oxygen atoms in total. The number of amides is 1. The Labute approximate surface area is 321 Å². The van der Waals surface area contributed by atoms with E-state index in [0.29, 0.717) is 12.8 Å². The number of aliphatic hydroxyl groups excluding tert-OH is 1. The van der Waals surface area contributed by atoms with Gasteiger partial charge in [-0.3, -0.25) is 9.35 Å². The maximum Gasteiger partial charge on any atom is 0.266 e. The summed E-state index contributed by atoms with van der Waals surface area (Å²) in [6.45, 7) is 4.40. The first-order valence-electron chi connectivity index (χ1n) is 21.1. The Bertz CT molecular complexity index is 1090. The SMILES string of the molecule is CC/C=C\C/C=C\C/C=C\C/C=C\C/C=C\C/C=C\CCCCCCC(=O)NC(CS(=O)(=O)O)C(O)CCCCCCCCCCCCCCCC. The average Bonchev–Trinajstić information content (AvgIpc) is 3.11. The number of aliphatic hydroxyl groups is 1. The first-order chi connectivity index (χ1) is 25.3. The lowest BCUT2D eigenvalue weighted by Gasteiger charge is -2.23. The fourth-order valence-corrected chi connectivity index (χ4v) is 6.80. The highest BCUT2D eigenvalue weighted by Crippen LogP contribution is 2.15. The number of carbonyl (C=O) groups excluding carboxylic acids is 1. The summed E-state index contributed by atoms with van der Waals surface area (Å²) >= 11 is 0. The van der Waals surface area contributed by atoms with Crippen LogP contribution in [0.4, 0.5) is 0 Å². The topological polar surface area (TPSA) is 104 Å². The maximum atomic E-state index is 12.5. The second-order valence-electron chi connectivity index (χ2n) is 14.2. The molecular formula is C45H79NO5S. The second-order valence-corrected chi connectivity index (χ2v) is 15.7. The molecule has 1 amide bonds. The summed E-state index contributed by atoms with van der Waals surface area (Å²) in [5, 5.41) is 13.3. The summed E-state index contributed by atoms with van der Waals surface area (Å²) in [7, 11) is -4.32. The van der Waals surface area contributed by atoms with Gasteiger partial charge < -0.3 is 10.4 Å². The zero-order valence-corrected chi connectivity index (χ0v) is 34.2. The van der Waals surface area contributed by atoms with E-state index in [1.54, 1.807) is 0 Å². The van der Waals surface area contributed by atoms with Crippen LogP contribution in [0.15, 0.2) is 72.9 Å². The summed E-state index contributed by atoms with van der Waals surface area (Å²) < 4.78 is 32.5. The van der Waals surface area contributed by atoms with Gasteiger partial charge in [0, 0.05) is 6.42 Å². The van der Waals surface area contributed by atoms with Crippen molar-refractivity contribution in [2.75, 3.05) is 5.75 Å². The van der Waals surface area contributed by atoms with Crippen LogP contribution >= 0.6 is 0 Å². The van der Waals surface area contributed by atoms with Crippen LogP contribution in [0.2, 0.25) is 0 Å². The molecule has 3 N–H and O–H groups in total. The van der Waals surface area contributed by atoms with Crippen molar-refractivity contribution in [2.24, 2.45) is 0 Å². The molecule has 0 radical (unpaired) electrons. The Hall–Kier alpha value is -2.22. The van der Waals surface area contributed by atoms with Crippen LogP contribution in [0.5, 0.6) is 0 Å². The van der Waals surface area contributed by atoms with E-state index in [1.807, 2.05) is 0 Å². The molecule has 0 spiro atoms. The molecule has 0 aromatic rings. The molecule has 0 aliphatic carbocycles. The summed E-state index contributed by atoms with van der Waals surface area (Å²) in [5.41, 5.74) is 0. The third kappa shape index (κ3) is 39.0. The molecule has 52 heavy (non-hydrogen) atoms. The molecule has 0 saturated heterocycles. The van der Waals surface area contributed by atoms with E-state index >= 15 is 0 Å². The van der Waals surface area contributed by atoms with Crippen LogP contribution in [0.1, 0.15) is 187 Å². The van der Waals surface area contributed by atoms with E-state index in [9.17, 15) is 22.9 Å². The molecule has 0 aliphatic heterocycles. The fraction of sp³-hybridized carbons (Fsp3) is 0.711. The van der Waals surface area contributed by atoms with E-state index < -0.39 is 28.0 Å². The van der Waals surface area contributed by atoms with Crippen molar-refractivity contribution < 1.29 is 22.9 Å². The number of hydrogen-bond donors (Lipinski definition) is 3. The highest BCUT2D eigenvalue weighted by atomic mass is 32.2. The minimum absolute atomic E-state index is 0.273. The lowest BCUT2D eigenvalue weighted by Crippen LogP contribution is -2.47. The third-order valence-corrected chi connectivity index (χ3v) is 9.96. The second kappa shape index (κ2) is 38.5. The molecule has 0 bridgehead atoms. The summed E-state index contributed by atoms with van der Waals surface area (Å²) in [6, 6.07) is -0.988. The van der Waals surface area contributed by atoms with Gasteiger partial charge in [0.2, 0.25) is 5.91 Å². The number of hydrogen-bond acceptors (Lipinski definition) is 4. The Morgan fingerprint density at radius 2 is 0.923 bits per heavy atom. The zero-order chi connectivity index (χ0) is 38.2. The van der Waals surface area contributed by atoms with Crippen LogP contribution < -0.4 is 5.32 Å². The third-order valence-electron chi connectivity index (χ3n) is 9.18. The van der Waals surface area contributed by atoms with Crippen molar-refractivity contribution in [1.82, 2.24) is 5.32 Å². The molecule has 2 atom stereocenters. The summed E-state index contributed by atoms with van der Waals surface area (Å²) in [5.74, 6) is -0.935. The largest absolute Gasteiger partial charge is 0.391 e. The number of allylic oxidation sites excluding steroid dienone is 12. The van der Waals surface area contributed by atoms with Crippen molar-refractivity contribution >= 4 is 16.0 Å².